The predicted octanol–water partition coefficient (Wildman–Crippen LogP) is 4.75. The molecule has 28 heavy (non-hydrogen) atoms. The van der Waals surface area contributed by atoms with Gasteiger partial charge >= 0.3 is 0 Å². The number of amides is 2. The Morgan fingerprint density at radius 1 is 1.18 bits per heavy atom. The van der Waals surface area contributed by atoms with E-state index in [1.165, 1.54) is 28.8 Å². The van der Waals surface area contributed by atoms with Crippen LogP contribution in [-0.2, 0) is 9.59 Å². The molecule has 0 radical (unpaired) electrons. The molecule has 1 saturated heterocycles. The summed E-state index contributed by atoms with van der Waals surface area (Å²) < 4.78 is 13.5. The number of rotatable bonds is 6. The fourth-order valence-corrected chi connectivity index (χ4v) is 3.97. The van der Waals surface area contributed by atoms with E-state index in [4.69, 9.17) is 12.2 Å². The molecule has 0 bridgehead atoms. The zero-order valence-electron chi connectivity index (χ0n) is 15.3. The highest BCUT2D eigenvalue weighted by Crippen LogP contribution is 2.32. The Kier molecular flexibility index (Phi) is 6.59. The first-order chi connectivity index (χ1) is 13.4. The van der Waals surface area contributed by atoms with Crippen molar-refractivity contribution >= 4 is 51.9 Å². The monoisotopic (exact) mass is 414 g/mol. The zero-order chi connectivity index (χ0) is 20.1. The Balaban J connectivity index is 1.52. The van der Waals surface area contributed by atoms with Crippen LogP contribution >= 0.6 is 24.0 Å². The third-order valence-corrected chi connectivity index (χ3v) is 5.54. The maximum Gasteiger partial charge on any atom is 0.266 e. The summed E-state index contributed by atoms with van der Waals surface area (Å²) in [5.41, 5.74) is 2.61. The van der Waals surface area contributed by atoms with Gasteiger partial charge in [-0.15, -0.1) is 0 Å². The van der Waals surface area contributed by atoms with Crippen LogP contribution in [0.25, 0.3) is 6.08 Å². The van der Waals surface area contributed by atoms with E-state index < -0.39 is 0 Å². The third-order valence-electron chi connectivity index (χ3n) is 4.16. The van der Waals surface area contributed by atoms with Crippen LogP contribution in [0, 0.1) is 12.7 Å². The molecule has 3 rings (SSSR count). The van der Waals surface area contributed by atoms with Gasteiger partial charge in [0.1, 0.15) is 10.1 Å². The minimum absolute atomic E-state index is 0.101. The molecule has 2 aromatic carbocycles. The SMILES string of the molecule is Cc1ccc(NC(=O)CCCN2C(=O)/C(=C/c3ccc(F)cc3)SC2=S)cc1. The number of carbonyl (C=O) groups excluding carboxylic acids is 2. The molecule has 1 N–H and O–H groups in total. The summed E-state index contributed by atoms with van der Waals surface area (Å²) in [7, 11) is 0. The third kappa shape index (κ3) is 5.27. The van der Waals surface area contributed by atoms with Crippen molar-refractivity contribution in [3.63, 3.8) is 0 Å². The van der Waals surface area contributed by atoms with E-state index in [0.29, 0.717) is 28.6 Å². The molecular formula is C21H19FN2O2S2. The van der Waals surface area contributed by atoms with E-state index in [2.05, 4.69) is 5.32 Å². The number of aryl methyl sites for hydroxylation is 1. The molecule has 0 unspecified atom stereocenters. The van der Waals surface area contributed by atoms with Crippen molar-refractivity contribution in [2.75, 3.05) is 11.9 Å². The van der Waals surface area contributed by atoms with Gasteiger partial charge in [-0.1, -0.05) is 53.8 Å². The topological polar surface area (TPSA) is 49.4 Å². The van der Waals surface area contributed by atoms with Crippen LogP contribution < -0.4 is 5.32 Å². The van der Waals surface area contributed by atoms with Crippen LogP contribution in [0.5, 0.6) is 0 Å². The van der Waals surface area contributed by atoms with Gasteiger partial charge in [0, 0.05) is 18.7 Å². The first-order valence-electron chi connectivity index (χ1n) is 8.80. The van der Waals surface area contributed by atoms with E-state index in [-0.39, 0.29) is 17.6 Å². The van der Waals surface area contributed by atoms with Crippen LogP contribution in [0.3, 0.4) is 0 Å². The second-order valence-electron chi connectivity index (χ2n) is 6.40. The van der Waals surface area contributed by atoms with Crippen molar-refractivity contribution in [3.8, 4) is 0 Å². The van der Waals surface area contributed by atoms with Crippen molar-refractivity contribution in [1.29, 1.82) is 0 Å². The van der Waals surface area contributed by atoms with Crippen molar-refractivity contribution < 1.29 is 14.0 Å². The standard InChI is InChI=1S/C21H19FN2O2S2/c1-14-4-10-17(11-5-14)23-19(25)3-2-12-24-20(26)18(28-21(24)27)13-15-6-8-16(22)9-7-15/h4-11,13H,2-3,12H2,1H3,(H,23,25)/b18-13-. The molecular weight excluding hydrogens is 395 g/mol. The first-order valence-corrected chi connectivity index (χ1v) is 10.0. The fraction of sp³-hybridized carbons (Fsp3) is 0.190. The van der Waals surface area contributed by atoms with Gasteiger partial charge in [0.05, 0.1) is 4.91 Å². The highest BCUT2D eigenvalue weighted by atomic mass is 32.2. The molecule has 0 atom stereocenters. The summed E-state index contributed by atoms with van der Waals surface area (Å²) in [6.45, 7) is 2.37. The van der Waals surface area contributed by atoms with Crippen LogP contribution in [0.4, 0.5) is 10.1 Å². The fourth-order valence-electron chi connectivity index (χ4n) is 2.66. The summed E-state index contributed by atoms with van der Waals surface area (Å²) in [6.07, 6.45) is 2.50. The molecule has 1 aliphatic heterocycles. The lowest BCUT2D eigenvalue weighted by Crippen LogP contribution is -2.29. The Labute approximate surface area is 172 Å². The average molecular weight is 415 g/mol. The van der Waals surface area contributed by atoms with Gasteiger partial charge in [-0.2, -0.15) is 0 Å². The lowest BCUT2D eigenvalue weighted by Gasteiger charge is -2.14. The minimum Gasteiger partial charge on any atom is -0.326 e. The molecule has 0 aliphatic carbocycles. The quantitative estimate of drug-likeness (QED) is 0.547. The van der Waals surface area contributed by atoms with Gasteiger partial charge in [-0.05, 0) is 49.2 Å². The molecule has 144 valence electrons. The molecule has 1 aliphatic rings. The molecule has 0 saturated carbocycles. The van der Waals surface area contributed by atoms with Gasteiger partial charge in [-0.3, -0.25) is 14.5 Å². The van der Waals surface area contributed by atoms with E-state index in [1.807, 2.05) is 31.2 Å². The Hall–Kier alpha value is -2.51. The lowest BCUT2D eigenvalue weighted by atomic mass is 10.2. The highest BCUT2D eigenvalue weighted by Gasteiger charge is 2.31. The largest absolute Gasteiger partial charge is 0.326 e. The smallest absolute Gasteiger partial charge is 0.266 e. The Morgan fingerprint density at radius 2 is 1.86 bits per heavy atom. The molecule has 1 fully saturated rings. The number of thiocarbonyl (C=S) groups is 1. The van der Waals surface area contributed by atoms with Crippen molar-refractivity contribution in [2.24, 2.45) is 0 Å². The maximum atomic E-state index is 13.0. The maximum absolute atomic E-state index is 13.0. The van der Waals surface area contributed by atoms with Crippen LogP contribution in [-0.4, -0.2) is 27.6 Å². The number of benzene rings is 2. The molecule has 7 heteroatoms. The van der Waals surface area contributed by atoms with E-state index in [1.54, 1.807) is 18.2 Å². The molecule has 0 aromatic heterocycles. The van der Waals surface area contributed by atoms with E-state index in [9.17, 15) is 14.0 Å². The van der Waals surface area contributed by atoms with E-state index in [0.717, 1.165) is 16.8 Å². The van der Waals surface area contributed by atoms with E-state index >= 15 is 0 Å². The number of hydrogen-bond donors (Lipinski definition) is 1. The molecule has 1 heterocycles. The van der Waals surface area contributed by atoms with Crippen LogP contribution in [0.15, 0.2) is 53.4 Å². The molecule has 4 nitrogen and oxygen atoms in total. The van der Waals surface area contributed by atoms with Crippen molar-refractivity contribution in [2.45, 2.75) is 19.8 Å². The molecule has 2 amide bonds. The number of hydrogen-bond acceptors (Lipinski definition) is 4. The second-order valence-corrected chi connectivity index (χ2v) is 8.08. The van der Waals surface area contributed by atoms with Gasteiger partial charge < -0.3 is 5.32 Å². The number of nitrogens with one attached hydrogen (secondary N) is 1. The average Bonchev–Trinajstić information content (AvgIpc) is 2.93. The molecule has 0 spiro atoms. The number of thioether (sulfide) groups is 1. The minimum atomic E-state index is -0.325. The predicted molar refractivity (Wildman–Crippen MR) is 115 cm³/mol. The number of carbonyl (C=O) groups is 2. The van der Waals surface area contributed by atoms with Gasteiger partial charge in [0.15, 0.2) is 0 Å². The second kappa shape index (κ2) is 9.12. The van der Waals surface area contributed by atoms with Crippen LogP contribution in [0.1, 0.15) is 24.0 Å². The van der Waals surface area contributed by atoms with Crippen molar-refractivity contribution in [3.05, 3.63) is 70.4 Å². The summed E-state index contributed by atoms with van der Waals surface area (Å²) in [5, 5.41) is 2.84. The Bertz CT molecular complexity index is 924. The van der Waals surface area contributed by atoms with Crippen molar-refractivity contribution in [1.82, 2.24) is 4.90 Å². The summed E-state index contributed by atoms with van der Waals surface area (Å²) in [5.74, 6) is -0.608. The Morgan fingerprint density at radius 3 is 2.54 bits per heavy atom. The van der Waals surface area contributed by atoms with Gasteiger partial charge in [0.25, 0.3) is 5.91 Å². The normalized spacial score (nSPS) is 15.4. The lowest BCUT2D eigenvalue weighted by molar-refractivity contribution is -0.122. The summed E-state index contributed by atoms with van der Waals surface area (Å²) in [6, 6.07) is 13.5. The summed E-state index contributed by atoms with van der Waals surface area (Å²) >= 11 is 6.51. The highest BCUT2D eigenvalue weighted by molar-refractivity contribution is 8.26. The van der Waals surface area contributed by atoms with Gasteiger partial charge in [0.2, 0.25) is 5.91 Å². The van der Waals surface area contributed by atoms with Crippen LogP contribution in [0.2, 0.25) is 0 Å². The first kappa shape index (κ1) is 20.2. The molecule has 2 aromatic rings. The van der Waals surface area contributed by atoms with Gasteiger partial charge in [-0.25, -0.2) is 4.39 Å². The number of nitrogens with zero attached hydrogens (tertiary/aromatic N) is 1. The number of halogens is 1. The summed E-state index contributed by atoms with van der Waals surface area (Å²) in [4.78, 5) is 26.6. The number of anilines is 1. The zero-order valence-corrected chi connectivity index (χ0v) is 16.9.